The number of aromatic nitrogens is 1. The third-order valence-corrected chi connectivity index (χ3v) is 2.32. The Labute approximate surface area is 94.5 Å². The molecule has 0 spiro atoms. The summed E-state index contributed by atoms with van der Waals surface area (Å²) in [6, 6.07) is 3.33. The number of nitrogens with zero attached hydrogens (tertiary/aromatic N) is 1. The number of rotatable bonds is 2. The molecule has 1 heterocycles. The molecule has 4 nitrogen and oxygen atoms in total. The van der Waals surface area contributed by atoms with E-state index in [1.165, 1.54) is 13.0 Å². The number of benzene rings is 1. The first-order valence-electron chi connectivity index (χ1n) is 4.65. The lowest BCUT2D eigenvalue weighted by atomic mass is 10.1. The molecule has 0 amide bonds. The normalized spacial score (nSPS) is 10.5. The van der Waals surface area contributed by atoms with Gasteiger partial charge in [-0.3, -0.25) is 0 Å². The summed E-state index contributed by atoms with van der Waals surface area (Å²) < 4.78 is 31.4. The number of carbonyl (C=O) groups is 1. The highest BCUT2D eigenvalue weighted by atomic mass is 19.1. The summed E-state index contributed by atoms with van der Waals surface area (Å²) >= 11 is 0. The van der Waals surface area contributed by atoms with Gasteiger partial charge in [0.05, 0.1) is 5.56 Å². The van der Waals surface area contributed by atoms with E-state index >= 15 is 0 Å². The number of hydrogen-bond acceptors (Lipinski definition) is 3. The molecule has 0 saturated heterocycles. The average Bonchev–Trinajstić information content (AvgIpc) is 2.75. The third kappa shape index (κ3) is 1.89. The van der Waals surface area contributed by atoms with Crippen molar-refractivity contribution in [1.82, 2.24) is 5.16 Å². The van der Waals surface area contributed by atoms with E-state index in [1.54, 1.807) is 0 Å². The van der Waals surface area contributed by atoms with Crippen LogP contribution in [0, 0.1) is 18.6 Å². The van der Waals surface area contributed by atoms with Crippen LogP contribution in [-0.2, 0) is 0 Å². The van der Waals surface area contributed by atoms with Gasteiger partial charge in [0.2, 0.25) is 0 Å². The van der Waals surface area contributed by atoms with Crippen molar-refractivity contribution in [2.45, 2.75) is 6.92 Å². The van der Waals surface area contributed by atoms with Gasteiger partial charge in [-0.15, -0.1) is 0 Å². The van der Waals surface area contributed by atoms with Gasteiger partial charge in [0.15, 0.2) is 11.5 Å². The fourth-order valence-electron chi connectivity index (χ4n) is 1.35. The molecule has 0 saturated carbocycles. The molecule has 1 N–H and O–H groups in total. The summed E-state index contributed by atoms with van der Waals surface area (Å²) in [6.07, 6.45) is 0. The molecule has 88 valence electrons. The van der Waals surface area contributed by atoms with Crippen LogP contribution < -0.4 is 0 Å². The molecule has 0 atom stereocenters. The number of aromatic carboxylic acids is 1. The van der Waals surface area contributed by atoms with E-state index in [0.717, 1.165) is 12.1 Å². The maximum Gasteiger partial charge on any atom is 0.358 e. The van der Waals surface area contributed by atoms with E-state index in [1.807, 2.05) is 0 Å². The zero-order valence-corrected chi connectivity index (χ0v) is 8.70. The molecule has 0 radical (unpaired) electrons. The molecular formula is C11H7F2NO3. The Hall–Kier alpha value is -2.24. The molecule has 0 aliphatic heterocycles. The van der Waals surface area contributed by atoms with E-state index in [0.29, 0.717) is 0 Å². The first-order chi connectivity index (χ1) is 8.00. The molecule has 0 aliphatic rings. The molecule has 1 aromatic carbocycles. The van der Waals surface area contributed by atoms with Gasteiger partial charge in [0.1, 0.15) is 11.6 Å². The lowest BCUT2D eigenvalue weighted by Gasteiger charge is -2.02. The van der Waals surface area contributed by atoms with Crippen LogP contribution in [0.15, 0.2) is 22.7 Å². The predicted molar refractivity (Wildman–Crippen MR) is 53.6 cm³/mol. The summed E-state index contributed by atoms with van der Waals surface area (Å²) in [4.78, 5) is 10.6. The standard InChI is InChI=1S/C11H7F2NO3/c1-5-7(12)3-2-6(10(5)13)9-4-8(11(15)16)14-17-9/h2-4H,1H3,(H,15,16). The highest BCUT2D eigenvalue weighted by Gasteiger charge is 2.17. The summed E-state index contributed by atoms with van der Waals surface area (Å²) in [6.45, 7) is 1.28. The maximum absolute atomic E-state index is 13.7. The Morgan fingerprint density at radius 2 is 2.12 bits per heavy atom. The number of hydrogen-bond donors (Lipinski definition) is 1. The van der Waals surface area contributed by atoms with Gasteiger partial charge in [0, 0.05) is 11.6 Å². The Bertz CT molecular complexity index is 592. The Kier molecular flexibility index (Phi) is 2.63. The lowest BCUT2D eigenvalue weighted by molar-refractivity contribution is 0.0686. The van der Waals surface area contributed by atoms with E-state index in [-0.39, 0.29) is 22.6 Å². The van der Waals surface area contributed by atoms with Crippen LogP contribution in [0.25, 0.3) is 11.3 Å². The van der Waals surface area contributed by atoms with Crippen molar-refractivity contribution >= 4 is 5.97 Å². The quantitative estimate of drug-likeness (QED) is 0.874. The van der Waals surface area contributed by atoms with Crippen LogP contribution in [0.5, 0.6) is 0 Å². The minimum absolute atomic E-state index is 0.0242. The van der Waals surface area contributed by atoms with Crippen molar-refractivity contribution in [2.75, 3.05) is 0 Å². The summed E-state index contributed by atoms with van der Waals surface area (Å²) in [5.41, 5.74) is -0.513. The van der Waals surface area contributed by atoms with Crippen LogP contribution in [0.2, 0.25) is 0 Å². The van der Waals surface area contributed by atoms with Gasteiger partial charge in [0.25, 0.3) is 0 Å². The molecule has 1 aromatic heterocycles. The Morgan fingerprint density at radius 1 is 1.41 bits per heavy atom. The second kappa shape index (κ2) is 3.97. The molecule has 0 aliphatic carbocycles. The topological polar surface area (TPSA) is 63.3 Å². The lowest BCUT2D eigenvalue weighted by Crippen LogP contribution is -1.95. The number of carboxylic acids is 1. The van der Waals surface area contributed by atoms with Gasteiger partial charge < -0.3 is 9.63 Å². The van der Waals surface area contributed by atoms with Crippen molar-refractivity contribution in [2.24, 2.45) is 0 Å². The predicted octanol–water partition coefficient (Wildman–Crippen LogP) is 2.63. The maximum atomic E-state index is 13.7. The second-order valence-corrected chi connectivity index (χ2v) is 3.42. The minimum Gasteiger partial charge on any atom is -0.476 e. The summed E-state index contributed by atoms with van der Waals surface area (Å²) in [5, 5.41) is 11.9. The fraction of sp³-hybridized carbons (Fsp3) is 0.0909. The molecule has 2 rings (SSSR count). The molecule has 0 fully saturated rings. The Morgan fingerprint density at radius 3 is 2.71 bits per heavy atom. The fourth-order valence-corrected chi connectivity index (χ4v) is 1.35. The second-order valence-electron chi connectivity index (χ2n) is 3.42. The van der Waals surface area contributed by atoms with Crippen molar-refractivity contribution in [1.29, 1.82) is 0 Å². The average molecular weight is 239 g/mol. The van der Waals surface area contributed by atoms with Gasteiger partial charge >= 0.3 is 5.97 Å². The summed E-state index contributed by atoms with van der Waals surface area (Å²) in [7, 11) is 0. The van der Waals surface area contributed by atoms with Gasteiger partial charge in [-0.1, -0.05) is 5.16 Å². The minimum atomic E-state index is -1.28. The number of halogens is 2. The smallest absolute Gasteiger partial charge is 0.358 e. The molecular weight excluding hydrogens is 232 g/mol. The highest BCUT2D eigenvalue weighted by molar-refractivity contribution is 5.86. The molecule has 17 heavy (non-hydrogen) atoms. The van der Waals surface area contributed by atoms with Crippen LogP contribution in [0.4, 0.5) is 8.78 Å². The van der Waals surface area contributed by atoms with Crippen LogP contribution >= 0.6 is 0 Å². The van der Waals surface area contributed by atoms with Crippen molar-refractivity contribution < 1.29 is 23.2 Å². The van der Waals surface area contributed by atoms with E-state index < -0.39 is 17.6 Å². The van der Waals surface area contributed by atoms with Crippen LogP contribution in [0.1, 0.15) is 16.1 Å². The SMILES string of the molecule is Cc1c(F)ccc(-c2cc(C(=O)O)no2)c1F. The molecule has 0 bridgehead atoms. The van der Waals surface area contributed by atoms with Crippen molar-refractivity contribution in [3.63, 3.8) is 0 Å². The van der Waals surface area contributed by atoms with Crippen LogP contribution in [-0.4, -0.2) is 16.2 Å². The number of carboxylic acid groups (broad SMARTS) is 1. The van der Waals surface area contributed by atoms with E-state index in [4.69, 9.17) is 9.63 Å². The van der Waals surface area contributed by atoms with Crippen molar-refractivity contribution in [3.05, 3.63) is 41.1 Å². The Balaban J connectivity index is 2.53. The monoisotopic (exact) mass is 239 g/mol. The molecule has 2 aromatic rings. The molecule has 6 heteroatoms. The van der Waals surface area contributed by atoms with Crippen LogP contribution in [0.3, 0.4) is 0 Å². The van der Waals surface area contributed by atoms with Crippen molar-refractivity contribution in [3.8, 4) is 11.3 Å². The first-order valence-corrected chi connectivity index (χ1v) is 4.65. The molecule has 0 unspecified atom stereocenters. The van der Waals surface area contributed by atoms with E-state index in [9.17, 15) is 13.6 Å². The summed E-state index contributed by atoms with van der Waals surface area (Å²) in [5.74, 6) is -2.80. The third-order valence-electron chi connectivity index (χ3n) is 2.32. The zero-order chi connectivity index (χ0) is 12.6. The first kappa shape index (κ1) is 11.3. The van der Waals surface area contributed by atoms with Gasteiger partial charge in [-0.05, 0) is 19.1 Å². The van der Waals surface area contributed by atoms with E-state index in [2.05, 4.69) is 5.16 Å². The zero-order valence-electron chi connectivity index (χ0n) is 8.70. The largest absolute Gasteiger partial charge is 0.476 e. The van der Waals surface area contributed by atoms with Gasteiger partial charge in [-0.25, -0.2) is 13.6 Å². The highest BCUT2D eigenvalue weighted by Crippen LogP contribution is 2.26. The van der Waals surface area contributed by atoms with Gasteiger partial charge in [-0.2, -0.15) is 0 Å².